The molecular formula is C33H31N3O5. The summed E-state index contributed by atoms with van der Waals surface area (Å²) in [5, 5.41) is 3.00. The van der Waals surface area contributed by atoms with Crippen LogP contribution in [0, 0.1) is 0 Å². The molecule has 0 fully saturated rings. The van der Waals surface area contributed by atoms with E-state index in [1.54, 1.807) is 40.6 Å². The Morgan fingerprint density at radius 2 is 1.20 bits per heavy atom. The summed E-state index contributed by atoms with van der Waals surface area (Å²) in [4.78, 5) is 23.0. The van der Waals surface area contributed by atoms with Gasteiger partial charge in [-0.2, -0.15) is 0 Å². The molecule has 1 amide bonds. The summed E-state index contributed by atoms with van der Waals surface area (Å²) in [7, 11) is 6.37. The topological polar surface area (TPSA) is 91.8 Å². The zero-order valence-corrected chi connectivity index (χ0v) is 23.4. The Balaban J connectivity index is 1.56. The molecule has 0 bridgehead atoms. The summed E-state index contributed by atoms with van der Waals surface area (Å²) in [6.45, 7) is 0.529. The van der Waals surface area contributed by atoms with Crippen molar-refractivity contribution < 1.29 is 23.7 Å². The molecule has 0 aliphatic rings. The molecule has 0 aliphatic heterocycles. The number of carbonyl (C=O) groups is 1. The first kappa shape index (κ1) is 27.5. The first-order valence-electron chi connectivity index (χ1n) is 13.1. The predicted octanol–water partition coefficient (Wildman–Crippen LogP) is 5.97. The van der Waals surface area contributed by atoms with Gasteiger partial charge in [0.15, 0.2) is 23.0 Å². The van der Waals surface area contributed by atoms with Gasteiger partial charge in [0.05, 0.1) is 50.9 Å². The SMILES string of the molecule is COc1ccc(-c2nc3ccc(C(=O)NCCc4ccccc4)cc3nc2-c2ccc(OC)c(OC)c2)cc1OC. The number of carbonyl (C=O) groups excluding carboxylic acids is 1. The van der Waals surface area contributed by atoms with Gasteiger partial charge in [-0.05, 0) is 66.6 Å². The quantitative estimate of drug-likeness (QED) is 0.229. The van der Waals surface area contributed by atoms with Crippen LogP contribution in [-0.4, -0.2) is 50.9 Å². The van der Waals surface area contributed by atoms with E-state index in [1.165, 1.54) is 5.56 Å². The van der Waals surface area contributed by atoms with Crippen molar-refractivity contribution in [3.63, 3.8) is 0 Å². The lowest BCUT2D eigenvalue weighted by Gasteiger charge is -2.15. The van der Waals surface area contributed by atoms with Crippen molar-refractivity contribution in [2.75, 3.05) is 35.0 Å². The van der Waals surface area contributed by atoms with Gasteiger partial charge in [-0.1, -0.05) is 30.3 Å². The normalized spacial score (nSPS) is 10.7. The van der Waals surface area contributed by atoms with Crippen LogP contribution in [0.5, 0.6) is 23.0 Å². The van der Waals surface area contributed by atoms with E-state index in [-0.39, 0.29) is 5.91 Å². The molecular weight excluding hydrogens is 518 g/mol. The molecule has 0 unspecified atom stereocenters. The number of rotatable bonds is 10. The maximum atomic E-state index is 13.0. The highest BCUT2D eigenvalue weighted by molar-refractivity contribution is 5.98. The lowest BCUT2D eigenvalue weighted by atomic mass is 10.0. The van der Waals surface area contributed by atoms with Crippen LogP contribution in [0.25, 0.3) is 33.5 Å². The maximum absolute atomic E-state index is 13.0. The second kappa shape index (κ2) is 12.4. The Kier molecular flexibility index (Phi) is 8.29. The minimum atomic E-state index is -0.165. The summed E-state index contributed by atoms with van der Waals surface area (Å²) >= 11 is 0. The third-order valence-electron chi connectivity index (χ3n) is 6.78. The van der Waals surface area contributed by atoms with Crippen molar-refractivity contribution >= 4 is 16.9 Å². The standard InChI is InChI=1S/C33H31N3O5/c1-38-27-14-11-22(19-29(27)40-3)31-32(23-12-15-28(39-2)30(20-23)41-4)36-26-18-24(10-13-25(26)35-31)33(37)34-17-16-21-8-6-5-7-9-21/h5-15,18-20H,16-17H2,1-4H3,(H,34,37). The summed E-state index contributed by atoms with van der Waals surface area (Å²) in [5.74, 6) is 2.19. The largest absolute Gasteiger partial charge is 0.493 e. The van der Waals surface area contributed by atoms with E-state index in [9.17, 15) is 4.79 Å². The fourth-order valence-corrected chi connectivity index (χ4v) is 4.63. The van der Waals surface area contributed by atoms with Crippen molar-refractivity contribution in [3.05, 3.63) is 96.1 Å². The molecule has 5 rings (SSSR count). The number of benzene rings is 4. The number of ether oxygens (including phenoxy) is 4. The molecule has 208 valence electrons. The van der Waals surface area contributed by atoms with Gasteiger partial charge in [0.2, 0.25) is 0 Å². The van der Waals surface area contributed by atoms with Gasteiger partial charge < -0.3 is 24.3 Å². The van der Waals surface area contributed by atoms with E-state index >= 15 is 0 Å². The third-order valence-corrected chi connectivity index (χ3v) is 6.78. The predicted molar refractivity (Wildman–Crippen MR) is 159 cm³/mol. The molecule has 0 aliphatic carbocycles. The van der Waals surface area contributed by atoms with Crippen LogP contribution in [-0.2, 0) is 6.42 Å². The molecule has 1 aromatic heterocycles. The van der Waals surface area contributed by atoms with Gasteiger partial charge in [0, 0.05) is 23.2 Å². The number of hydrogen-bond acceptors (Lipinski definition) is 7. The average Bonchev–Trinajstić information content (AvgIpc) is 3.03. The highest BCUT2D eigenvalue weighted by Gasteiger charge is 2.18. The van der Waals surface area contributed by atoms with Gasteiger partial charge in [-0.25, -0.2) is 9.97 Å². The molecule has 1 heterocycles. The summed E-state index contributed by atoms with van der Waals surface area (Å²) in [6.07, 6.45) is 0.748. The second-order valence-electron chi connectivity index (χ2n) is 9.26. The van der Waals surface area contributed by atoms with Gasteiger partial charge in [0.25, 0.3) is 5.91 Å². The summed E-state index contributed by atoms with van der Waals surface area (Å²) in [5.41, 5.74) is 5.76. The highest BCUT2D eigenvalue weighted by Crippen LogP contribution is 2.39. The molecule has 4 aromatic carbocycles. The van der Waals surface area contributed by atoms with Crippen LogP contribution < -0.4 is 24.3 Å². The molecule has 5 aromatic rings. The number of methoxy groups -OCH3 is 4. The Hall–Kier alpha value is -5.11. The lowest BCUT2D eigenvalue weighted by molar-refractivity contribution is 0.0954. The molecule has 0 atom stereocenters. The van der Waals surface area contributed by atoms with E-state index < -0.39 is 0 Å². The minimum absolute atomic E-state index is 0.165. The highest BCUT2D eigenvalue weighted by atomic mass is 16.5. The second-order valence-corrected chi connectivity index (χ2v) is 9.26. The molecule has 41 heavy (non-hydrogen) atoms. The van der Waals surface area contributed by atoms with Crippen LogP contribution in [0.2, 0.25) is 0 Å². The maximum Gasteiger partial charge on any atom is 0.251 e. The van der Waals surface area contributed by atoms with Gasteiger partial charge in [-0.15, -0.1) is 0 Å². The van der Waals surface area contributed by atoms with Crippen LogP contribution >= 0.6 is 0 Å². The van der Waals surface area contributed by atoms with Crippen LogP contribution in [0.3, 0.4) is 0 Å². The summed E-state index contributed by atoms with van der Waals surface area (Å²) in [6, 6.07) is 26.6. The van der Waals surface area contributed by atoms with Crippen molar-refractivity contribution in [2.45, 2.75) is 6.42 Å². The summed E-state index contributed by atoms with van der Waals surface area (Å²) < 4.78 is 22.0. The van der Waals surface area contributed by atoms with E-state index in [1.807, 2.05) is 72.8 Å². The minimum Gasteiger partial charge on any atom is -0.493 e. The van der Waals surface area contributed by atoms with Crippen LogP contribution in [0.1, 0.15) is 15.9 Å². The fourth-order valence-electron chi connectivity index (χ4n) is 4.63. The number of nitrogens with zero attached hydrogens (tertiary/aromatic N) is 2. The van der Waals surface area contributed by atoms with Crippen molar-refractivity contribution in [1.29, 1.82) is 0 Å². The molecule has 1 N–H and O–H groups in total. The lowest BCUT2D eigenvalue weighted by Crippen LogP contribution is -2.25. The fraction of sp³-hybridized carbons (Fsp3) is 0.182. The smallest absolute Gasteiger partial charge is 0.251 e. The van der Waals surface area contributed by atoms with Gasteiger partial charge in [-0.3, -0.25) is 4.79 Å². The van der Waals surface area contributed by atoms with E-state index in [0.29, 0.717) is 57.5 Å². The van der Waals surface area contributed by atoms with Crippen molar-refractivity contribution in [3.8, 4) is 45.5 Å². The van der Waals surface area contributed by atoms with Gasteiger partial charge in [0.1, 0.15) is 0 Å². The first-order valence-corrected chi connectivity index (χ1v) is 13.1. The number of nitrogens with one attached hydrogen (secondary N) is 1. The zero-order chi connectivity index (χ0) is 28.8. The molecule has 8 nitrogen and oxygen atoms in total. The first-order chi connectivity index (χ1) is 20.0. The van der Waals surface area contributed by atoms with E-state index in [2.05, 4.69) is 5.32 Å². The Labute approximate surface area is 238 Å². The number of fused-ring (bicyclic) bond motifs is 1. The van der Waals surface area contributed by atoms with E-state index in [0.717, 1.165) is 17.5 Å². The Morgan fingerprint density at radius 1 is 0.634 bits per heavy atom. The molecule has 8 heteroatoms. The zero-order valence-electron chi connectivity index (χ0n) is 23.4. The monoisotopic (exact) mass is 549 g/mol. The number of hydrogen-bond donors (Lipinski definition) is 1. The van der Waals surface area contributed by atoms with Gasteiger partial charge >= 0.3 is 0 Å². The Morgan fingerprint density at radius 3 is 1.76 bits per heavy atom. The Bertz CT molecular complexity index is 1690. The third kappa shape index (κ3) is 5.91. The molecule has 0 saturated heterocycles. The number of amides is 1. The van der Waals surface area contributed by atoms with Crippen LogP contribution in [0.15, 0.2) is 84.9 Å². The molecule has 0 spiro atoms. The van der Waals surface area contributed by atoms with Crippen LogP contribution in [0.4, 0.5) is 0 Å². The van der Waals surface area contributed by atoms with E-state index in [4.69, 9.17) is 28.9 Å². The molecule has 0 radical (unpaired) electrons. The average molecular weight is 550 g/mol. The van der Waals surface area contributed by atoms with Crippen molar-refractivity contribution in [1.82, 2.24) is 15.3 Å². The molecule has 0 saturated carbocycles. The van der Waals surface area contributed by atoms with Crippen molar-refractivity contribution in [2.24, 2.45) is 0 Å². The number of aromatic nitrogens is 2.